The molecule has 0 heterocycles. The number of rotatable bonds is 11. The summed E-state index contributed by atoms with van der Waals surface area (Å²) < 4.78 is 5.18. The molecule has 0 bridgehead atoms. The number of hydrogen-bond acceptors (Lipinski definition) is 4. The zero-order chi connectivity index (χ0) is 23.7. The fraction of sp³-hybridized carbons (Fsp3) is 0.417. The van der Waals surface area contributed by atoms with Crippen LogP contribution < -0.4 is 10.1 Å². The average molecular weight is 497 g/mol. The summed E-state index contributed by atoms with van der Waals surface area (Å²) in [6.45, 7) is 6.64. The molecule has 2 aromatic rings. The van der Waals surface area contributed by atoms with Crippen molar-refractivity contribution in [2.75, 3.05) is 19.4 Å². The third-order valence-electron chi connectivity index (χ3n) is 4.84. The summed E-state index contributed by atoms with van der Waals surface area (Å²) in [6, 6.07) is 12.4. The van der Waals surface area contributed by atoms with Gasteiger partial charge in [0, 0.05) is 18.8 Å². The van der Waals surface area contributed by atoms with Crippen LogP contribution in [0.3, 0.4) is 0 Å². The lowest BCUT2D eigenvalue weighted by Crippen LogP contribution is -2.48. The second-order valence-corrected chi connectivity index (χ2v) is 9.73. The van der Waals surface area contributed by atoms with Crippen LogP contribution in [-0.4, -0.2) is 42.2 Å². The average Bonchev–Trinajstić information content (AvgIpc) is 2.78. The molecular formula is C24H30Cl2N2O3S. The van der Waals surface area contributed by atoms with Gasteiger partial charge in [-0.3, -0.25) is 9.59 Å². The summed E-state index contributed by atoms with van der Waals surface area (Å²) in [7, 11) is 1.63. The smallest absolute Gasteiger partial charge is 0.242 e. The number of benzene rings is 2. The first kappa shape index (κ1) is 26.4. The second kappa shape index (κ2) is 13.0. The number of methoxy groups -OCH3 is 1. The summed E-state index contributed by atoms with van der Waals surface area (Å²) in [5.41, 5.74) is 1.92. The molecule has 0 saturated carbocycles. The molecule has 1 unspecified atom stereocenters. The first-order valence-electron chi connectivity index (χ1n) is 10.4. The minimum atomic E-state index is -0.614. The summed E-state index contributed by atoms with van der Waals surface area (Å²) in [6.07, 6.45) is 0. The minimum absolute atomic E-state index is 0.109. The summed E-state index contributed by atoms with van der Waals surface area (Å²) in [5, 5.41) is 3.79. The van der Waals surface area contributed by atoms with Gasteiger partial charge in [-0.15, -0.1) is 11.8 Å². The quantitative estimate of drug-likeness (QED) is 0.450. The van der Waals surface area contributed by atoms with Crippen LogP contribution in [0.15, 0.2) is 42.5 Å². The molecule has 32 heavy (non-hydrogen) atoms. The van der Waals surface area contributed by atoms with Gasteiger partial charge < -0.3 is 15.0 Å². The van der Waals surface area contributed by atoms with E-state index in [0.29, 0.717) is 28.3 Å². The number of nitrogens with one attached hydrogen (secondary N) is 1. The van der Waals surface area contributed by atoms with E-state index in [1.54, 1.807) is 31.1 Å². The van der Waals surface area contributed by atoms with Gasteiger partial charge in [0.15, 0.2) is 0 Å². The Morgan fingerprint density at radius 2 is 1.69 bits per heavy atom. The van der Waals surface area contributed by atoms with Crippen LogP contribution >= 0.6 is 35.0 Å². The normalized spacial score (nSPS) is 11.8. The van der Waals surface area contributed by atoms with Crippen molar-refractivity contribution >= 4 is 46.8 Å². The Morgan fingerprint density at radius 1 is 1.03 bits per heavy atom. The van der Waals surface area contributed by atoms with E-state index in [0.717, 1.165) is 16.9 Å². The summed E-state index contributed by atoms with van der Waals surface area (Å²) in [4.78, 5) is 27.4. The van der Waals surface area contributed by atoms with E-state index in [2.05, 4.69) is 5.32 Å². The van der Waals surface area contributed by atoms with Crippen molar-refractivity contribution in [1.29, 1.82) is 0 Å². The maximum atomic E-state index is 13.1. The lowest BCUT2D eigenvalue weighted by Gasteiger charge is -2.29. The van der Waals surface area contributed by atoms with Crippen LogP contribution in [0.4, 0.5) is 0 Å². The molecular weight excluding hydrogens is 467 g/mol. The number of ether oxygens (including phenoxy) is 1. The van der Waals surface area contributed by atoms with Crippen LogP contribution in [-0.2, 0) is 21.9 Å². The molecule has 0 fully saturated rings. The fourth-order valence-electron chi connectivity index (χ4n) is 2.93. The van der Waals surface area contributed by atoms with Gasteiger partial charge in [0.2, 0.25) is 11.8 Å². The van der Waals surface area contributed by atoms with Crippen molar-refractivity contribution in [2.24, 2.45) is 5.92 Å². The van der Waals surface area contributed by atoms with E-state index in [9.17, 15) is 9.59 Å². The predicted molar refractivity (Wildman–Crippen MR) is 133 cm³/mol. The Kier molecular flexibility index (Phi) is 10.7. The number of hydrogen-bond donors (Lipinski definition) is 1. The van der Waals surface area contributed by atoms with Crippen LogP contribution in [0, 0.1) is 5.92 Å². The highest BCUT2D eigenvalue weighted by molar-refractivity contribution is 7.99. The summed E-state index contributed by atoms with van der Waals surface area (Å²) in [5.74, 6) is 1.78. The highest BCUT2D eigenvalue weighted by Crippen LogP contribution is 2.24. The van der Waals surface area contributed by atoms with Crippen molar-refractivity contribution in [3.63, 3.8) is 0 Å². The van der Waals surface area contributed by atoms with Crippen LogP contribution in [0.2, 0.25) is 10.0 Å². The number of thioether (sulfide) groups is 1. The third-order valence-corrected chi connectivity index (χ3v) is 6.57. The van der Waals surface area contributed by atoms with Gasteiger partial charge in [0.1, 0.15) is 11.8 Å². The van der Waals surface area contributed by atoms with E-state index in [1.807, 2.05) is 44.2 Å². The van der Waals surface area contributed by atoms with Crippen molar-refractivity contribution in [3.05, 3.63) is 63.6 Å². The minimum Gasteiger partial charge on any atom is -0.497 e. The number of amides is 2. The van der Waals surface area contributed by atoms with Gasteiger partial charge in [-0.1, -0.05) is 55.2 Å². The maximum absolute atomic E-state index is 13.1. The largest absolute Gasteiger partial charge is 0.497 e. The Hall–Kier alpha value is -1.89. The van der Waals surface area contributed by atoms with Gasteiger partial charge >= 0.3 is 0 Å². The molecule has 0 saturated heterocycles. The SMILES string of the molecule is COc1ccc(CSCC(=O)N(Cc2ccc(Cl)c(Cl)c2)C(C)C(=O)NCC(C)C)cc1. The maximum Gasteiger partial charge on any atom is 0.242 e. The van der Waals surface area contributed by atoms with E-state index in [-0.39, 0.29) is 24.1 Å². The first-order valence-corrected chi connectivity index (χ1v) is 12.3. The van der Waals surface area contributed by atoms with E-state index >= 15 is 0 Å². The lowest BCUT2D eigenvalue weighted by molar-refractivity contribution is -0.138. The highest BCUT2D eigenvalue weighted by Gasteiger charge is 2.26. The van der Waals surface area contributed by atoms with Crippen LogP contribution in [0.5, 0.6) is 5.75 Å². The Labute approximate surface area is 204 Å². The molecule has 174 valence electrons. The molecule has 2 amide bonds. The molecule has 8 heteroatoms. The second-order valence-electron chi connectivity index (χ2n) is 7.93. The van der Waals surface area contributed by atoms with Gasteiger partial charge in [-0.05, 0) is 48.2 Å². The Balaban J connectivity index is 2.07. The number of carbonyl (C=O) groups is 2. The number of nitrogens with zero attached hydrogens (tertiary/aromatic N) is 1. The zero-order valence-electron chi connectivity index (χ0n) is 18.9. The Morgan fingerprint density at radius 3 is 2.28 bits per heavy atom. The van der Waals surface area contributed by atoms with Crippen molar-refractivity contribution in [1.82, 2.24) is 10.2 Å². The molecule has 5 nitrogen and oxygen atoms in total. The molecule has 0 aliphatic heterocycles. The van der Waals surface area contributed by atoms with Gasteiger partial charge in [0.05, 0.1) is 22.9 Å². The monoisotopic (exact) mass is 496 g/mol. The van der Waals surface area contributed by atoms with Gasteiger partial charge in [0.25, 0.3) is 0 Å². The van der Waals surface area contributed by atoms with Gasteiger partial charge in [-0.25, -0.2) is 0 Å². The predicted octanol–water partition coefficient (Wildman–Crippen LogP) is 5.42. The molecule has 0 aliphatic carbocycles. The molecule has 0 spiro atoms. The van der Waals surface area contributed by atoms with E-state index < -0.39 is 6.04 Å². The number of halogens is 2. The molecule has 2 rings (SSSR count). The van der Waals surface area contributed by atoms with Crippen LogP contribution in [0.1, 0.15) is 31.9 Å². The van der Waals surface area contributed by atoms with Crippen molar-refractivity contribution in [2.45, 2.75) is 39.1 Å². The van der Waals surface area contributed by atoms with E-state index in [1.165, 1.54) is 11.8 Å². The first-order chi connectivity index (χ1) is 15.2. The topological polar surface area (TPSA) is 58.6 Å². The molecule has 1 N–H and O–H groups in total. The van der Waals surface area contributed by atoms with Crippen molar-refractivity contribution in [3.8, 4) is 5.75 Å². The third kappa shape index (κ3) is 8.23. The Bertz CT molecular complexity index is 907. The highest BCUT2D eigenvalue weighted by atomic mass is 35.5. The van der Waals surface area contributed by atoms with Crippen LogP contribution in [0.25, 0.3) is 0 Å². The number of carbonyl (C=O) groups excluding carboxylic acids is 2. The fourth-order valence-corrected chi connectivity index (χ4v) is 4.12. The lowest BCUT2D eigenvalue weighted by atomic mass is 10.1. The molecule has 0 aliphatic rings. The molecule has 0 aromatic heterocycles. The van der Waals surface area contributed by atoms with Gasteiger partial charge in [-0.2, -0.15) is 0 Å². The molecule has 0 radical (unpaired) electrons. The van der Waals surface area contributed by atoms with E-state index in [4.69, 9.17) is 27.9 Å². The standard InChI is InChI=1S/C24H30Cl2N2O3S/c1-16(2)12-27-24(30)17(3)28(13-19-7-10-21(25)22(26)11-19)23(29)15-32-14-18-5-8-20(31-4)9-6-18/h5-11,16-17H,12-15H2,1-4H3,(H,27,30). The molecule has 1 atom stereocenters. The zero-order valence-corrected chi connectivity index (χ0v) is 21.2. The van der Waals surface area contributed by atoms with Crippen molar-refractivity contribution < 1.29 is 14.3 Å². The molecule has 2 aromatic carbocycles. The summed E-state index contributed by atoms with van der Waals surface area (Å²) >= 11 is 13.7.